The standard InChI is InChI=1S/C15H13ClN2O4S/c16-12-3-4-14-10(7-12)6-11(9-22-14)15(19)18-23(20,21)13-2-1-5-17-8-13/h1-5,7-8,11H,6,9H2,(H,18,19)/t11-/m1/s1. The predicted octanol–water partition coefficient (Wildman–Crippen LogP) is 1.79. The minimum absolute atomic E-state index is 0.0616. The van der Waals surface area contributed by atoms with Crippen molar-refractivity contribution in [2.45, 2.75) is 11.3 Å². The zero-order valence-corrected chi connectivity index (χ0v) is 13.5. The molecule has 0 unspecified atom stereocenters. The largest absolute Gasteiger partial charge is 0.492 e. The second kappa shape index (κ2) is 6.17. The Labute approximate surface area is 138 Å². The van der Waals surface area contributed by atoms with Gasteiger partial charge in [-0.25, -0.2) is 13.1 Å². The Morgan fingerprint density at radius 1 is 1.35 bits per heavy atom. The van der Waals surface area contributed by atoms with Gasteiger partial charge in [0.05, 0.1) is 5.92 Å². The zero-order valence-electron chi connectivity index (χ0n) is 11.9. The Morgan fingerprint density at radius 2 is 2.17 bits per heavy atom. The number of rotatable bonds is 3. The molecule has 0 aliphatic carbocycles. The lowest BCUT2D eigenvalue weighted by molar-refractivity contribution is -0.124. The molecule has 2 aromatic rings. The van der Waals surface area contributed by atoms with Crippen molar-refractivity contribution in [1.82, 2.24) is 9.71 Å². The Morgan fingerprint density at radius 3 is 2.91 bits per heavy atom. The van der Waals surface area contributed by atoms with E-state index in [2.05, 4.69) is 9.71 Å². The van der Waals surface area contributed by atoms with Crippen LogP contribution in [0.4, 0.5) is 0 Å². The van der Waals surface area contributed by atoms with E-state index in [0.717, 1.165) is 5.56 Å². The fraction of sp³-hybridized carbons (Fsp3) is 0.200. The number of sulfonamides is 1. The average Bonchev–Trinajstić information content (AvgIpc) is 2.54. The second-order valence-corrected chi connectivity index (χ2v) is 7.24. The molecule has 120 valence electrons. The lowest BCUT2D eigenvalue weighted by Crippen LogP contribution is -2.40. The summed E-state index contributed by atoms with van der Waals surface area (Å²) in [6.07, 6.45) is 3.00. The van der Waals surface area contributed by atoms with E-state index in [0.29, 0.717) is 17.2 Å². The van der Waals surface area contributed by atoms with Crippen molar-refractivity contribution in [2.75, 3.05) is 6.61 Å². The van der Waals surface area contributed by atoms with Crippen molar-refractivity contribution in [3.05, 3.63) is 53.3 Å². The SMILES string of the molecule is O=C(NS(=O)(=O)c1cccnc1)[C@H]1COc2ccc(Cl)cc2C1. The van der Waals surface area contributed by atoms with Crippen LogP contribution in [0.15, 0.2) is 47.6 Å². The van der Waals surface area contributed by atoms with Gasteiger partial charge in [-0.2, -0.15) is 0 Å². The van der Waals surface area contributed by atoms with E-state index in [1.807, 2.05) is 0 Å². The van der Waals surface area contributed by atoms with Gasteiger partial charge in [0.2, 0.25) is 5.91 Å². The number of benzene rings is 1. The number of nitrogens with zero attached hydrogens (tertiary/aromatic N) is 1. The molecule has 1 aliphatic rings. The van der Waals surface area contributed by atoms with Crippen LogP contribution >= 0.6 is 11.6 Å². The van der Waals surface area contributed by atoms with Crippen LogP contribution < -0.4 is 9.46 Å². The maximum atomic E-state index is 12.3. The first-order chi connectivity index (χ1) is 11.0. The smallest absolute Gasteiger partial charge is 0.265 e. The van der Waals surface area contributed by atoms with E-state index < -0.39 is 21.8 Å². The van der Waals surface area contributed by atoms with Crippen molar-refractivity contribution >= 4 is 27.5 Å². The lowest BCUT2D eigenvalue weighted by atomic mass is 9.96. The molecule has 1 atom stereocenters. The number of carbonyl (C=O) groups is 1. The van der Waals surface area contributed by atoms with Crippen LogP contribution in [0.2, 0.25) is 5.02 Å². The molecule has 0 radical (unpaired) electrons. The summed E-state index contributed by atoms with van der Waals surface area (Å²) in [5, 5.41) is 0.538. The Bertz CT molecular complexity index is 840. The summed E-state index contributed by atoms with van der Waals surface area (Å²) < 4.78 is 31.9. The topological polar surface area (TPSA) is 85.4 Å². The highest BCUT2D eigenvalue weighted by Crippen LogP contribution is 2.30. The fourth-order valence-electron chi connectivity index (χ4n) is 2.31. The third-order valence-corrected chi connectivity index (χ3v) is 5.05. The van der Waals surface area contributed by atoms with Gasteiger partial charge in [0.15, 0.2) is 0 Å². The molecule has 6 nitrogen and oxygen atoms in total. The number of amides is 1. The van der Waals surface area contributed by atoms with E-state index in [-0.39, 0.29) is 11.5 Å². The molecule has 1 aromatic carbocycles. The van der Waals surface area contributed by atoms with E-state index in [9.17, 15) is 13.2 Å². The first kappa shape index (κ1) is 15.8. The van der Waals surface area contributed by atoms with Crippen molar-refractivity contribution in [1.29, 1.82) is 0 Å². The normalized spacial score (nSPS) is 17.0. The molecule has 0 fully saturated rings. The number of halogens is 1. The number of pyridine rings is 1. The van der Waals surface area contributed by atoms with Gasteiger partial charge < -0.3 is 4.74 Å². The average molecular weight is 353 g/mol. The van der Waals surface area contributed by atoms with Crippen molar-refractivity contribution in [2.24, 2.45) is 5.92 Å². The van der Waals surface area contributed by atoms with Crippen LogP contribution in [0, 0.1) is 5.92 Å². The van der Waals surface area contributed by atoms with Gasteiger partial charge in [0.25, 0.3) is 10.0 Å². The van der Waals surface area contributed by atoms with E-state index in [1.54, 1.807) is 18.2 Å². The first-order valence-corrected chi connectivity index (χ1v) is 8.70. The Balaban J connectivity index is 1.75. The number of carbonyl (C=O) groups excluding carboxylic acids is 1. The summed E-state index contributed by atoms with van der Waals surface area (Å²) in [6, 6.07) is 8.01. The molecular weight excluding hydrogens is 340 g/mol. The maximum Gasteiger partial charge on any atom is 0.265 e. The van der Waals surface area contributed by atoms with Gasteiger partial charge in [0.1, 0.15) is 17.3 Å². The minimum atomic E-state index is -3.94. The molecule has 1 N–H and O–H groups in total. The number of hydrogen-bond acceptors (Lipinski definition) is 5. The predicted molar refractivity (Wildman–Crippen MR) is 83.7 cm³/mol. The van der Waals surface area contributed by atoms with Crippen LogP contribution in [0.3, 0.4) is 0 Å². The maximum absolute atomic E-state index is 12.3. The molecular formula is C15H13ClN2O4S. The molecule has 0 saturated carbocycles. The number of nitrogens with one attached hydrogen (secondary N) is 1. The monoisotopic (exact) mass is 352 g/mol. The summed E-state index contributed by atoms with van der Waals surface area (Å²) in [5.74, 6) is -0.555. The first-order valence-electron chi connectivity index (χ1n) is 6.83. The van der Waals surface area contributed by atoms with Crippen LogP contribution in [0.1, 0.15) is 5.56 Å². The molecule has 2 heterocycles. The summed E-state index contributed by atoms with van der Waals surface area (Å²) >= 11 is 5.93. The molecule has 8 heteroatoms. The zero-order chi connectivity index (χ0) is 16.4. The van der Waals surface area contributed by atoms with Gasteiger partial charge in [-0.05, 0) is 42.3 Å². The molecule has 1 aliphatic heterocycles. The van der Waals surface area contributed by atoms with Gasteiger partial charge >= 0.3 is 0 Å². The Kier molecular flexibility index (Phi) is 4.23. The van der Waals surface area contributed by atoms with Crippen LogP contribution in [0.25, 0.3) is 0 Å². The second-order valence-electron chi connectivity index (χ2n) is 5.12. The van der Waals surface area contributed by atoms with Crippen molar-refractivity contribution in [3.8, 4) is 5.75 Å². The van der Waals surface area contributed by atoms with Gasteiger partial charge in [-0.15, -0.1) is 0 Å². The third kappa shape index (κ3) is 3.46. The highest BCUT2D eigenvalue weighted by Gasteiger charge is 2.29. The summed E-state index contributed by atoms with van der Waals surface area (Å²) in [7, 11) is -3.94. The summed E-state index contributed by atoms with van der Waals surface area (Å²) in [5.41, 5.74) is 0.780. The molecule has 1 aromatic heterocycles. The number of ether oxygens (including phenoxy) is 1. The highest BCUT2D eigenvalue weighted by molar-refractivity contribution is 7.90. The van der Waals surface area contributed by atoms with E-state index >= 15 is 0 Å². The molecule has 0 saturated heterocycles. The van der Waals surface area contributed by atoms with E-state index in [4.69, 9.17) is 16.3 Å². The molecule has 3 rings (SSSR count). The molecule has 1 amide bonds. The summed E-state index contributed by atoms with van der Waals surface area (Å²) in [6.45, 7) is 0.114. The number of hydrogen-bond donors (Lipinski definition) is 1. The lowest BCUT2D eigenvalue weighted by Gasteiger charge is -2.24. The Hall–Kier alpha value is -2.12. The van der Waals surface area contributed by atoms with Crippen molar-refractivity contribution in [3.63, 3.8) is 0 Å². The number of fused-ring (bicyclic) bond motifs is 1. The van der Waals surface area contributed by atoms with Gasteiger partial charge in [0, 0.05) is 17.4 Å². The van der Waals surface area contributed by atoms with Gasteiger partial charge in [-0.1, -0.05) is 11.6 Å². The van der Waals surface area contributed by atoms with E-state index in [1.165, 1.54) is 24.5 Å². The van der Waals surface area contributed by atoms with Crippen LogP contribution in [0.5, 0.6) is 5.75 Å². The van der Waals surface area contributed by atoms with Crippen molar-refractivity contribution < 1.29 is 17.9 Å². The molecule has 23 heavy (non-hydrogen) atoms. The van der Waals surface area contributed by atoms with Gasteiger partial charge in [-0.3, -0.25) is 9.78 Å². The minimum Gasteiger partial charge on any atom is -0.492 e. The number of aromatic nitrogens is 1. The van der Waals surface area contributed by atoms with Crippen LogP contribution in [-0.2, 0) is 21.2 Å². The van der Waals surface area contributed by atoms with Crippen LogP contribution in [-0.4, -0.2) is 25.9 Å². The molecule has 0 spiro atoms. The fourth-order valence-corrected chi connectivity index (χ4v) is 3.51. The summed E-state index contributed by atoms with van der Waals surface area (Å²) in [4.78, 5) is 15.9. The highest BCUT2D eigenvalue weighted by atomic mass is 35.5. The molecule has 0 bridgehead atoms. The third-order valence-electron chi connectivity index (χ3n) is 3.48. The quantitative estimate of drug-likeness (QED) is 0.910.